The predicted octanol–water partition coefficient (Wildman–Crippen LogP) is 1.54. The van der Waals surface area contributed by atoms with E-state index in [0.717, 1.165) is 4.31 Å². The van der Waals surface area contributed by atoms with Crippen molar-refractivity contribution in [1.29, 1.82) is 0 Å². The molecule has 1 aromatic heterocycles. The van der Waals surface area contributed by atoms with Crippen molar-refractivity contribution in [3.8, 4) is 5.88 Å². The Morgan fingerprint density at radius 2 is 1.96 bits per heavy atom. The Labute approximate surface area is 141 Å². The zero-order valence-electron chi connectivity index (χ0n) is 14.1. The Kier molecular flexibility index (Phi) is 7.18. The summed E-state index contributed by atoms with van der Waals surface area (Å²) in [4.78, 5) is 15.3. The first kappa shape index (κ1) is 19.9. The number of aromatic nitrogens is 1. The zero-order valence-corrected chi connectivity index (χ0v) is 14.9. The van der Waals surface area contributed by atoms with Crippen molar-refractivity contribution in [2.45, 2.75) is 19.1 Å². The number of aromatic carboxylic acids is 1. The molecule has 1 heterocycles. The molecule has 9 heteroatoms. The van der Waals surface area contributed by atoms with Crippen molar-refractivity contribution in [2.75, 3.05) is 31.7 Å². The average molecular weight is 358 g/mol. The van der Waals surface area contributed by atoms with E-state index in [1.165, 1.54) is 33.0 Å². The fraction of sp³-hybridized carbons (Fsp3) is 0.467. The van der Waals surface area contributed by atoms with Gasteiger partial charge in [-0.25, -0.2) is 13.2 Å². The normalized spacial score (nSPS) is 11.9. The van der Waals surface area contributed by atoms with Crippen LogP contribution in [0.5, 0.6) is 5.88 Å². The van der Waals surface area contributed by atoms with E-state index in [1.54, 1.807) is 19.3 Å². The van der Waals surface area contributed by atoms with Gasteiger partial charge in [-0.3, -0.25) is 4.31 Å². The number of carboxylic acids is 1. The van der Waals surface area contributed by atoms with Gasteiger partial charge in [-0.05, 0) is 26.0 Å². The van der Waals surface area contributed by atoms with E-state index < -0.39 is 21.2 Å². The SMILES string of the molecule is COC/C=C\COc1cc(C(=O)O)cc(N(C)S(=O)(=O)C(C)C)n1. The Balaban J connectivity index is 3.11. The molecule has 0 aliphatic rings. The maximum atomic E-state index is 12.2. The highest BCUT2D eigenvalue weighted by Gasteiger charge is 2.25. The molecule has 0 saturated heterocycles. The van der Waals surface area contributed by atoms with Crippen LogP contribution >= 0.6 is 0 Å². The van der Waals surface area contributed by atoms with E-state index >= 15 is 0 Å². The van der Waals surface area contributed by atoms with Crippen molar-refractivity contribution in [3.63, 3.8) is 0 Å². The van der Waals surface area contributed by atoms with Gasteiger partial charge in [0.25, 0.3) is 0 Å². The second-order valence-electron chi connectivity index (χ2n) is 5.16. The summed E-state index contributed by atoms with van der Waals surface area (Å²) in [6.07, 6.45) is 3.42. The summed E-state index contributed by atoms with van der Waals surface area (Å²) in [6, 6.07) is 2.43. The monoisotopic (exact) mass is 358 g/mol. The fourth-order valence-corrected chi connectivity index (χ4v) is 2.65. The minimum Gasteiger partial charge on any atom is -0.478 e. The first-order chi connectivity index (χ1) is 11.2. The Bertz CT molecular complexity index is 700. The summed E-state index contributed by atoms with van der Waals surface area (Å²) >= 11 is 0. The van der Waals surface area contributed by atoms with Gasteiger partial charge in [0.05, 0.1) is 17.4 Å². The quantitative estimate of drug-likeness (QED) is 0.667. The Morgan fingerprint density at radius 3 is 2.50 bits per heavy atom. The molecular weight excluding hydrogens is 336 g/mol. The minimum absolute atomic E-state index is 0.0144. The molecule has 1 aromatic rings. The lowest BCUT2D eigenvalue weighted by atomic mass is 10.2. The lowest BCUT2D eigenvalue weighted by Crippen LogP contribution is -2.33. The third-order valence-electron chi connectivity index (χ3n) is 3.09. The molecule has 134 valence electrons. The van der Waals surface area contributed by atoms with Gasteiger partial charge in [0.15, 0.2) is 0 Å². The number of hydrogen-bond donors (Lipinski definition) is 1. The van der Waals surface area contributed by atoms with Gasteiger partial charge >= 0.3 is 5.97 Å². The molecule has 8 nitrogen and oxygen atoms in total. The van der Waals surface area contributed by atoms with Crippen LogP contribution < -0.4 is 9.04 Å². The second-order valence-corrected chi connectivity index (χ2v) is 7.68. The van der Waals surface area contributed by atoms with Crippen molar-refractivity contribution >= 4 is 21.8 Å². The third-order valence-corrected chi connectivity index (χ3v) is 5.23. The number of sulfonamides is 1. The Morgan fingerprint density at radius 1 is 1.33 bits per heavy atom. The molecule has 0 unspecified atom stereocenters. The van der Waals surface area contributed by atoms with Gasteiger partial charge in [0.1, 0.15) is 12.4 Å². The molecular formula is C15H22N2O6S. The van der Waals surface area contributed by atoms with Crippen molar-refractivity contribution < 1.29 is 27.8 Å². The van der Waals surface area contributed by atoms with Crippen LogP contribution in [0, 0.1) is 0 Å². The topological polar surface area (TPSA) is 106 Å². The molecule has 0 radical (unpaired) electrons. The first-order valence-corrected chi connectivity index (χ1v) is 8.70. The molecule has 1 rings (SSSR count). The number of carboxylic acid groups (broad SMARTS) is 1. The van der Waals surface area contributed by atoms with Crippen molar-refractivity contribution in [3.05, 3.63) is 29.8 Å². The van der Waals surface area contributed by atoms with Gasteiger partial charge in [-0.2, -0.15) is 4.98 Å². The van der Waals surface area contributed by atoms with Crippen LogP contribution in [-0.2, 0) is 14.8 Å². The van der Waals surface area contributed by atoms with E-state index in [1.807, 2.05) is 0 Å². The van der Waals surface area contributed by atoms with E-state index in [4.69, 9.17) is 9.47 Å². The van der Waals surface area contributed by atoms with Gasteiger partial charge in [0.2, 0.25) is 15.9 Å². The number of pyridine rings is 1. The summed E-state index contributed by atoms with van der Waals surface area (Å²) in [5, 5.41) is 8.52. The lowest BCUT2D eigenvalue weighted by molar-refractivity contribution is 0.0696. The van der Waals surface area contributed by atoms with Crippen LogP contribution in [0.1, 0.15) is 24.2 Å². The summed E-state index contributed by atoms with van der Waals surface area (Å²) in [5.74, 6) is -1.19. The van der Waals surface area contributed by atoms with Crippen LogP contribution in [0.3, 0.4) is 0 Å². The number of nitrogens with zero attached hydrogens (tertiary/aromatic N) is 2. The average Bonchev–Trinajstić information content (AvgIpc) is 2.53. The molecule has 0 spiro atoms. The number of rotatable bonds is 9. The highest BCUT2D eigenvalue weighted by atomic mass is 32.2. The maximum absolute atomic E-state index is 12.2. The molecule has 0 aromatic carbocycles. The van der Waals surface area contributed by atoms with E-state index in [0.29, 0.717) is 6.61 Å². The van der Waals surface area contributed by atoms with Crippen LogP contribution in [0.4, 0.5) is 5.82 Å². The lowest BCUT2D eigenvalue weighted by Gasteiger charge is -2.21. The van der Waals surface area contributed by atoms with Crippen LogP contribution in [0.2, 0.25) is 0 Å². The number of carbonyl (C=O) groups is 1. The van der Waals surface area contributed by atoms with Gasteiger partial charge < -0.3 is 14.6 Å². The summed E-state index contributed by atoms with van der Waals surface area (Å²) < 4.78 is 35.6. The third kappa shape index (κ3) is 5.20. The standard InChI is InChI=1S/C15H22N2O6S/c1-11(2)24(20,21)17(3)13-9-12(15(18)19)10-14(16-13)23-8-6-5-7-22-4/h5-6,9-11H,7-8H2,1-4H3,(H,18,19)/b6-5-. The van der Waals surface area contributed by atoms with Gasteiger partial charge in [-0.15, -0.1) is 0 Å². The highest BCUT2D eigenvalue weighted by molar-refractivity contribution is 7.93. The molecule has 0 fully saturated rings. The van der Waals surface area contributed by atoms with Crippen LogP contribution in [0.15, 0.2) is 24.3 Å². The van der Waals surface area contributed by atoms with Gasteiger partial charge in [-0.1, -0.05) is 6.08 Å². The number of hydrogen-bond acceptors (Lipinski definition) is 6. The van der Waals surface area contributed by atoms with Crippen LogP contribution in [-0.4, -0.2) is 57.1 Å². The molecule has 1 N–H and O–H groups in total. The smallest absolute Gasteiger partial charge is 0.336 e. The summed E-state index contributed by atoms with van der Waals surface area (Å²) in [7, 11) is -0.749. The van der Waals surface area contributed by atoms with E-state index in [2.05, 4.69) is 4.98 Å². The van der Waals surface area contributed by atoms with Crippen LogP contribution in [0.25, 0.3) is 0 Å². The molecule has 0 bridgehead atoms. The zero-order chi connectivity index (χ0) is 18.3. The number of anilines is 1. The second kappa shape index (κ2) is 8.65. The largest absolute Gasteiger partial charge is 0.478 e. The number of ether oxygens (including phenoxy) is 2. The molecule has 0 aliphatic heterocycles. The Hall–Kier alpha value is -2.13. The molecule has 0 aliphatic carbocycles. The fourth-order valence-electron chi connectivity index (χ4n) is 1.66. The first-order valence-electron chi connectivity index (χ1n) is 7.20. The van der Waals surface area contributed by atoms with Crippen molar-refractivity contribution in [2.24, 2.45) is 0 Å². The minimum atomic E-state index is -3.63. The highest BCUT2D eigenvalue weighted by Crippen LogP contribution is 2.22. The van der Waals surface area contributed by atoms with E-state index in [-0.39, 0.29) is 23.9 Å². The molecule has 24 heavy (non-hydrogen) atoms. The van der Waals surface area contributed by atoms with E-state index in [9.17, 15) is 18.3 Å². The molecule has 0 saturated carbocycles. The molecule has 0 amide bonds. The maximum Gasteiger partial charge on any atom is 0.336 e. The summed E-state index contributed by atoms with van der Waals surface area (Å²) in [5.41, 5.74) is -0.110. The van der Waals surface area contributed by atoms with Crippen molar-refractivity contribution in [1.82, 2.24) is 4.98 Å². The van der Waals surface area contributed by atoms with Gasteiger partial charge in [0, 0.05) is 20.2 Å². The predicted molar refractivity (Wildman–Crippen MR) is 90.2 cm³/mol. The summed E-state index contributed by atoms with van der Waals surface area (Å²) in [6.45, 7) is 3.64. The molecule has 0 atom stereocenters. The number of methoxy groups -OCH3 is 1.